The maximum Gasteiger partial charge on any atom is 0.225 e. The summed E-state index contributed by atoms with van der Waals surface area (Å²) in [5.41, 5.74) is 0. The van der Waals surface area contributed by atoms with Gasteiger partial charge in [0.1, 0.15) is 0 Å². The molecule has 3 nitrogen and oxygen atoms in total. The molecule has 0 saturated carbocycles. The van der Waals surface area contributed by atoms with E-state index in [2.05, 4.69) is 30.6 Å². The van der Waals surface area contributed by atoms with E-state index in [1.807, 2.05) is 0 Å². The Bertz CT molecular complexity index is 315. The maximum absolute atomic E-state index is 12.5. The number of carbonyl (C=O) groups excluding carboxylic acids is 1. The highest BCUT2D eigenvalue weighted by molar-refractivity contribution is 5.79. The number of piperidine rings is 2. The summed E-state index contributed by atoms with van der Waals surface area (Å²) in [5.74, 6) is 2.32. The van der Waals surface area contributed by atoms with Crippen LogP contribution in [0.5, 0.6) is 0 Å². The third-order valence-electron chi connectivity index (χ3n) is 5.05. The van der Waals surface area contributed by atoms with Crippen molar-refractivity contribution in [3.63, 3.8) is 0 Å². The van der Waals surface area contributed by atoms with Crippen LogP contribution in [0.15, 0.2) is 0 Å². The van der Waals surface area contributed by atoms with Crippen LogP contribution in [0.25, 0.3) is 0 Å². The van der Waals surface area contributed by atoms with Crippen molar-refractivity contribution in [2.45, 2.75) is 59.3 Å². The third kappa shape index (κ3) is 5.28. The second-order valence-corrected chi connectivity index (χ2v) is 7.70. The molecular formula is C18H34N2O. The normalized spacial score (nSPS) is 23.5. The molecule has 1 unspecified atom stereocenters. The van der Waals surface area contributed by atoms with E-state index < -0.39 is 0 Å². The van der Waals surface area contributed by atoms with E-state index in [0.717, 1.165) is 50.9 Å². The zero-order valence-electron chi connectivity index (χ0n) is 14.3. The van der Waals surface area contributed by atoms with Crippen molar-refractivity contribution in [1.29, 1.82) is 0 Å². The molecule has 0 spiro atoms. The first-order valence-electron chi connectivity index (χ1n) is 9.07. The highest BCUT2D eigenvalue weighted by atomic mass is 16.2. The van der Waals surface area contributed by atoms with E-state index in [0.29, 0.717) is 11.8 Å². The molecule has 2 fully saturated rings. The molecule has 0 radical (unpaired) electrons. The minimum atomic E-state index is 0.305. The fraction of sp³-hybridized carbons (Fsp3) is 0.944. The van der Waals surface area contributed by atoms with E-state index in [9.17, 15) is 4.79 Å². The van der Waals surface area contributed by atoms with Crippen molar-refractivity contribution < 1.29 is 4.79 Å². The van der Waals surface area contributed by atoms with Gasteiger partial charge in [-0.1, -0.05) is 20.8 Å². The summed E-state index contributed by atoms with van der Waals surface area (Å²) < 4.78 is 0. The molecular weight excluding hydrogens is 260 g/mol. The molecule has 1 atom stereocenters. The van der Waals surface area contributed by atoms with Crippen molar-refractivity contribution in [2.75, 3.05) is 32.7 Å². The summed E-state index contributed by atoms with van der Waals surface area (Å²) >= 11 is 0. The van der Waals surface area contributed by atoms with Crippen molar-refractivity contribution in [1.82, 2.24) is 9.80 Å². The Morgan fingerprint density at radius 3 is 2.19 bits per heavy atom. The Kier molecular flexibility index (Phi) is 6.53. The lowest BCUT2D eigenvalue weighted by atomic mass is 9.92. The smallest absolute Gasteiger partial charge is 0.225 e. The number of rotatable bonds is 5. The molecule has 1 amide bonds. The van der Waals surface area contributed by atoms with E-state index in [4.69, 9.17) is 0 Å². The van der Waals surface area contributed by atoms with Crippen molar-refractivity contribution in [2.24, 2.45) is 17.8 Å². The molecule has 0 bridgehead atoms. The van der Waals surface area contributed by atoms with E-state index >= 15 is 0 Å². The minimum Gasteiger partial charge on any atom is -0.342 e. The molecule has 122 valence electrons. The lowest BCUT2D eigenvalue weighted by Gasteiger charge is -2.36. The Morgan fingerprint density at radius 1 is 1.00 bits per heavy atom. The zero-order valence-corrected chi connectivity index (χ0v) is 14.3. The number of likely N-dealkylation sites (tertiary alicyclic amines) is 2. The van der Waals surface area contributed by atoms with Gasteiger partial charge in [0.2, 0.25) is 5.91 Å². The molecule has 21 heavy (non-hydrogen) atoms. The van der Waals surface area contributed by atoms with Crippen LogP contribution in [-0.4, -0.2) is 48.4 Å². The predicted molar refractivity (Wildman–Crippen MR) is 88.2 cm³/mol. The highest BCUT2D eigenvalue weighted by Crippen LogP contribution is 2.23. The van der Waals surface area contributed by atoms with Crippen LogP contribution in [0, 0.1) is 17.8 Å². The molecule has 2 rings (SSSR count). The van der Waals surface area contributed by atoms with Gasteiger partial charge in [0.05, 0.1) is 0 Å². The van der Waals surface area contributed by atoms with Gasteiger partial charge in [0, 0.05) is 25.6 Å². The predicted octanol–water partition coefficient (Wildman–Crippen LogP) is 3.39. The number of nitrogens with zero attached hydrogens (tertiary/aromatic N) is 2. The quantitative estimate of drug-likeness (QED) is 0.776. The molecule has 0 aromatic rings. The minimum absolute atomic E-state index is 0.305. The lowest BCUT2D eigenvalue weighted by molar-refractivity contribution is -0.138. The van der Waals surface area contributed by atoms with Crippen LogP contribution in [-0.2, 0) is 4.79 Å². The average molecular weight is 294 g/mol. The summed E-state index contributed by atoms with van der Waals surface area (Å²) in [6.45, 7) is 12.4. The Labute approximate surface area is 131 Å². The molecule has 0 aromatic carbocycles. The van der Waals surface area contributed by atoms with Crippen LogP contribution in [0.2, 0.25) is 0 Å². The van der Waals surface area contributed by atoms with Crippen molar-refractivity contribution in [3.05, 3.63) is 0 Å². The molecule has 0 aliphatic carbocycles. The van der Waals surface area contributed by atoms with Crippen LogP contribution in [0.4, 0.5) is 0 Å². The first-order valence-corrected chi connectivity index (χ1v) is 9.07. The fourth-order valence-electron chi connectivity index (χ4n) is 4.06. The SMILES string of the molecule is CC(C)CC(C)CN1CCC(C(=O)N2CCCCC2)CC1. The first-order chi connectivity index (χ1) is 10.1. The van der Waals surface area contributed by atoms with Gasteiger partial charge in [-0.25, -0.2) is 0 Å². The van der Waals surface area contributed by atoms with Gasteiger partial charge in [0.25, 0.3) is 0 Å². The molecule has 3 heteroatoms. The Morgan fingerprint density at radius 2 is 1.62 bits per heavy atom. The lowest BCUT2D eigenvalue weighted by Crippen LogP contribution is -2.45. The van der Waals surface area contributed by atoms with Gasteiger partial charge in [-0.2, -0.15) is 0 Å². The monoisotopic (exact) mass is 294 g/mol. The van der Waals surface area contributed by atoms with Crippen LogP contribution >= 0.6 is 0 Å². The van der Waals surface area contributed by atoms with E-state index in [1.165, 1.54) is 32.2 Å². The fourth-order valence-corrected chi connectivity index (χ4v) is 4.06. The first kappa shape index (κ1) is 16.8. The number of hydrogen-bond donors (Lipinski definition) is 0. The molecule has 2 aliphatic heterocycles. The van der Waals surface area contributed by atoms with Gasteiger partial charge in [-0.05, 0) is 63.5 Å². The summed E-state index contributed by atoms with van der Waals surface area (Å²) in [6.07, 6.45) is 7.17. The van der Waals surface area contributed by atoms with Crippen LogP contribution < -0.4 is 0 Å². The summed E-state index contributed by atoms with van der Waals surface area (Å²) in [5, 5.41) is 0. The second-order valence-electron chi connectivity index (χ2n) is 7.70. The molecule has 0 N–H and O–H groups in total. The van der Waals surface area contributed by atoms with Gasteiger partial charge in [-0.3, -0.25) is 4.79 Å². The van der Waals surface area contributed by atoms with Gasteiger partial charge < -0.3 is 9.80 Å². The molecule has 0 aromatic heterocycles. The van der Waals surface area contributed by atoms with Crippen molar-refractivity contribution >= 4 is 5.91 Å². The third-order valence-corrected chi connectivity index (χ3v) is 5.05. The van der Waals surface area contributed by atoms with E-state index in [1.54, 1.807) is 0 Å². The zero-order chi connectivity index (χ0) is 15.2. The summed E-state index contributed by atoms with van der Waals surface area (Å²) in [7, 11) is 0. The molecule has 2 saturated heterocycles. The van der Waals surface area contributed by atoms with E-state index in [-0.39, 0.29) is 0 Å². The summed E-state index contributed by atoms with van der Waals surface area (Å²) in [4.78, 5) is 17.2. The molecule has 2 aliphatic rings. The average Bonchev–Trinajstić information content (AvgIpc) is 2.47. The van der Waals surface area contributed by atoms with Crippen LogP contribution in [0.1, 0.15) is 59.3 Å². The number of hydrogen-bond acceptors (Lipinski definition) is 2. The molecule has 2 heterocycles. The van der Waals surface area contributed by atoms with Gasteiger partial charge in [-0.15, -0.1) is 0 Å². The van der Waals surface area contributed by atoms with Crippen molar-refractivity contribution in [3.8, 4) is 0 Å². The standard InChI is InChI=1S/C18H34N2O/c1-15(2)13-16(3)14-19-11-7-17(8-12-19)18(21)20-9-5-4-6-10-20/h15-17H,4-14H2,1-3H3. The number of carbonyl (C=O) groups is 1. The number of amides is 1. The highest BCUT2D eigenvalue weighted by Gasteiger charge is 2.29. The second kappa shape index (κ2) is 8.17. The van der Waals surface area contributed by atoms with Crippen LogP contribution in [0.3, 0.4) is 0 Å². The Balaban J connectivity index is 1.71. The van der Waals surface area contributed by atoms with Gasteiger partial charge in [0.15, 0.2) is 0 Å². The largest absolute Gasteiger partial charge is 0.342 e. The maximum atomic E-state index is 12.5. The Hall–Kier alpha value is -0.570. The topological polar surface area (TPSA) is 23.6 Å². The summed E-state index contributed by atoms with van der Waals surface area (Å²) in [6, 6.07) is 0. The van der Waals surface area contributed by atoms with Gasteiger partial charge >= 0.3 is 0 Å².